The summed E-state index contributed by atoms with van der Waals surface area (Å²) in [4.78, 5) is 4.82. The van der Waals surface area contributed by atoms with Crippen molar-refractivity contribution in [3.05, 3.63) is 59.1 Å². The van der Waals surface area contributed by atoms with E-state index in [0.717, 1.165) is 40.4 Å². The van der Waals surface area contributed by atoms with Crippen molar-refractivity contribution in [2.75, 3.05) is 5.32 Å². The fraction of sp³-hybridized carbons (Fsp3) is 0.350. The second kappa shape index (κ2) is 7.06. The van der Waals surface area contributed by atoms with Crippen molar-refractivity contribution in [2.24, 2.45) is 5.73 Å². The number of halogens is 1. The van der Waals surface area contributed by atoms with Crippen LogP contribution in [0.4, 0.5) is 5.95 Å². The molecule has 25 heavy (non-hydrogen) atoms. The van der Waals surface area contributed by atoms with Gasteiger partial charge in [-0.2, -0.15) is 0 Å². The molecule has 3 aromatic rings. The molecule has 3 N–H and O–H groups in total. The van der Waals surface area contributed by atoms with Crippen LogP contribution in [0, 0.1) is 0 Å². The third kappa shape index (κ3) is 3.37. The minimum absolute atomic E-state index is 0.183. The molecule has 1 aromatic heterocycles. The van der Waals surface area contributed by atoms with Gasteiger partial charge in [0.05, 0.1) is 17.6 Å². The zero-order valence-corrected chi connectivity index (χ0v) is 14.9. The molecule has 0 spiro atoms. The summed E-state index contributed by atoms with van der Waals surface area (Å²) in [6, 6.07) is 16.6. The topological polar surface area (TPSA) is 55.9 Å². The lowest BCUT2D eigenvalue weighted by atomic mass is 9.91. The van der Waals surface area contributed by atoms with Crippen LogP contribution in [0.1, 0.15) is 31.2 Å². The van der Waals surface area contributed by atoms with Crippen LogP contribution >= 0.6 is 11.6 Å². The predicted molar refractivity (Wildman–Crippen MR) is 104 cm³/mol. The summed E-state index contributed by atoms with van der Waals surface area (Å²) in [5, 5.41) is 4.39. The van der Waals surface area contributed by atoms with E-state index in [4.69, 9.17) is 22.3 Å². The largest absolute Gasteiger partial charge is 0.351 e. The van der Waals surface area contributed by atoms with Crippen LogP contribution in [0.3, 0.4) is 0 Å². The Morgan fingerprint density at radius 2 is 1.84 bits per heavy atom. The highest BCUT2D eigenvalue weighted by Crippen LogP contribution is 2.26. The Morgan fingerprint density at radius 3 is 2.68 bits per heavy atom. The first-order chi connectivity index (χ1) is 12.2. The fourth-order valence-corrected chi connectivity index (χ4v) is 3.84. The minimum atomic E-state index is 0.183. The maximum Gasteiger partial charge on any atom is 0.204 e. The molecule has 1 saturated carbocycles. The van der Waals surface area contributed by atoms with E-state index in [1.165, 1.54) is 12.8 Å². The Kier molecular flexibility index (Phi) is 4.64. The maximum atomic E-state index is 6.39. The van der Waals surface area contributed by atoms with Gasteiger partial charge >= 0.3 is 0 Å². The summed E-state index contributed by atoms with van der Waals surface area (Å²) in [6.45, 7) is 0.685. The van der Waals surface area contributed by atoms with E-state index < -0.39 is 0 Å². The van der Waals surface area contributed by atoms with E-state index in [9.17, 15) is 0 Å². The quantitative estimate of drug-likeness (QED) is 0.729. The molecule has 2 aromatic carbocycles. The molecule has 2 atom stereocenters. The number of imidazole rings is 1. The van der Waals surface area contributed by atoms with E-state index in [0.29, 0.717) is 6.54 Å². The molecule has 5 heteroatoms. The molecular weight excluding hydrogens is 332 g/mol. The Bertz CT molecular complexity index is 873. The average Bonchev–Trinajstić information content (AvgIpc) is 2.96. The van der Waals surface area contributed by atoms with Crippen molar-refractivity contribution in [1.82, 2.24) is 9.55 Å². The molecule has 0 aliphatic heterocycles. The molecule has 0 amide bonds. The van der Waals surface area contributed by atoms with Gasteiger partial charge in [0, 0.05) is 17.1 Å². The van der Waals surface area contributed by atoms with Crippen molar-refractivity contribution in [3.63, 3.8) is 0 Å². The number of fused-ring (bicyclic) bond motifs is 1. The number of anilines is 1. The monoisotopic (exact) mass is 354 g/mol. The zero-order valence-electron chi connectivity index (χ0n) is 14.2. The average molecular weight is 355 g/mol. The summed E-state index contributed by atoms with van der Waals surface area (Å²) >= 11 is 6.39. The van der Waals surface area contributed by atoms with E-state index in [2.05, 4.69) is 22.0 Å². The number of nitrogens with one attached hydrogen (secondary N) is 1. The lowest BCUT2D eigenvalue weighted by Gasteiger charge is -2.29. The summed E-state index contributed by atoms with van der Waals surface area (Å²) in [5.41, 5.74) is 9.51. The first-order valence-corrected chi connectivity index (χ1v) is 9.31. The molecular formula is C20H23ClN4. The number of para-hydroxylation sites is 2. The molecule has 4 nitrogen and oxygen atoms in total. The number of hydrogen-bond donors (Lipinski definition) is 2. The first kappa shape index (κ1) is 16.4. The highest BCUT2D eigenvalue weighted by Gasteiger charge is 2.23. The van der Waals surface area contributed by atoms with Crippen molar-refractivity contribution in [1.29, 1.82) is 0 Å². The van der Waals surface area contributed by atoms with Crippen molar-refractivity contribution in [3.8, 4) is 0 Å². The lowest BCUT2D eigenvalue weighted by molar-refractivity contribution is 0.401. The number of nitrogens with two attached hydrogens (primary N) is 1. The Hall–Kier alpha value is -2.04. The van der Waals surface area contributed by atoms with Gasteiger partial charge in [0.25, 0.3) is 0 Å². The molecule has 130 valence electrons. The third-order valence-electron chi connectivity index (χ3n) is 5.07. The number of aromatic nitrogens is 2. The standard InChI is InChI=1S/C20H23ClN4/c21-15-8-2-1-7-14(15)13-25-19-12-6-5-11-18(19)24-20(25)23-17-10-4-3-9-16(17)22/h1-2,5-8,11-12,16-17H,3-4,9-10,13,22H2,(H,23,24)/t16-,17+/m1/s1. The van der Waals surface area contributed by atoms with Crippen LogP contribution in [-0.2, 0) is 6.54 Å². The van der Waals surface area contributed by atoms with E-state index in [1.54, 1.807) is 0 Å². The van der Waals surface area contributed by atoms with Crippen molar-refractivity contribution in [2.45, 2.75) is 44.3 Å². The van der Waals surface area contributed by atoms with Gasteiger partial charge in [0.2, 0.25) is 5.95 Å². The molecule has 1 heterocycles. The third-order valence-corrected chi connectivity index (χ3v) is 5.44. The lowest BCUT2D eigenvalue weighted by Crippen LogP contribution is -2.43. The molecule has 0 saturated heterocycles. The number of benzene rings is 2. The molecule has 1 fully saturated rings. The second-order valence-electron chi connectivity index (χ2n) is 6.80. The highest BCUT2D eigenvalue weighted by atomic mass is 35.5. The van der Waals surface area contributed by atoms with Gasteiger partial charge in [-0.1, -0.05) is 54.8 Å². The van der Waals surface area contributed by atoms with Gasteiger partial charge in [-0.05, 0) is 36.6 Å². The van der Waals surface area contributed by atoms with E-state index >= 15 is 0 Å². The number of hydrogen-bond acceptors (Lipinski definition) is 3. The van der Waals surface area contributed by atoms with Crippen LogP contribution in [0.15, 0.2) is 48.5 Å². The summed E-state index contributed by atoms with van der Waals surface area (Å²) in [6.07, 6.45) is 4.60. The van der Waals surface area contributed by atoms with E-state index in [-0.39, 0.29) is 12.1 Å². The van der Waals surface area contributed by atoms with Crippen LogP contribution < -0.4 is 11.1 Å². The van der Waals surface area contributed by atoms with Gasteiger partial charge in [-0.15, -0.1) is 0 Å². The van der Waals surface area contributed by atoms with Gasteiger partial charge in [0.1, 0.15) is 0 Å². The molecule has 0 unspecified atom stereocenters. The SMILES string of the molecule is N[C@@H]1CCCC[C@@H]1Nc1nc2ccccc2n1Cc1ccccc1Cl. The van der Waals surface area contributed by atoms with Gasteiger partial charge in [0.15, 0.2) is 0 Å². The van der Waals surface area contributed by atoms with Crippen LogP contribution in [0.5, 0.6) is 0 Å². The highest BCUT2D eigenvalue weighted by molar-refractivity contribution is 6.31. The summed E-state index contributed by atoms with van der Waals surface area (Å²) < 4.78 is 2.21. The van der Waals surface area contributed by atoms with Gasteiger partial charge in [-0.25, -0.2) is 4.98 Å². The van der Waals surface area contributed by atoms with Crippen LogP contribution in [0.25, 0.3) is 11.0 Å². The zero-order chi connectivity index (χ0) is 17.2. The van der Waals surface area contributed by atoms with Crippen LogP contribution in [0.2, 0.25) is 5.02 Å². The number of rotatable bonds is 4. The number of nitrogens with zero attached hydrogens (tertiary/aromatic N) is 2. The minimum Gasteiger partial charge on any atom is -0.351 e. The normalized spacial score (nSPS) is 20.7. The predicted octanol–water partition coefficient (Wildman–Crippen LogP) is 4.42. The fourth-order valence-electron chi connectivity index (χ4n) is 3.65. The molecule has 1 aliphatic carbocycles. The Morgan fingerprint density at radius 1 is 1.08 bits per heavy atom. The smallest absolute Gasteiger partial charge is 0.204 e. The second-order valence-corrected chi connectivity index (χ2v) is 7.21. The van der Waals surface area contributed by atoms with Crippen molar-refractivity contribution >= 4 is 28.6 Å². The van der Waals surface area contributed by atoms with Crippen molar-refractivity contribution < 1.29 is 0 Å². The molecule has 0 bridgehead atoms. The molecule has 1 aliphatic rings. The molecule has 4 rings (SSSR count). The molecule has 0 radical (unpaired) electrons. The van der Waals surface area contributed by atoms with Gasteiger partial charge in [-0.3, -0.25) is 0 Å². The summed E-state index contributed by atoms with van der Waals surface area (Å²) in [7, 11) is 0. The summed E-state index contributed by atoms with van der Waals surface area (Å²) in [5.74, 6) is 0.878. The van der Waals surface area contributed by atoms with E-state index in [1.807, 2.05) is 36.4 Å². The maximum absolute atomic E-state index is 6.39. The Labute approximate surface area is 153 Å². The first-order valence-electron chi connectivity index (χ1n) is 8.93. The Balaban J connectivity index is 1.72. The van der Waals surface area contributed by atoms with Gasteiger partial charge < -0.3 is 15.6 Å². The van der Waals surface area contributed by atoms with Crippen LogP contribution in [-0.4, -0.2) is 21.6 Å².